The summed E-state index contributed by atoms with van der Waals surface area (Å²) in [4.78, 5) is 27.9. The van der Waals surface area contributed by atoms with E-state index in [0.717, 1.165) is 15.9 Å². The standard InChI is InChI=1S/C19H23AsBrN4O4/c1-10-17(26)23-22-16-9-28-15-6-13(21)12(5-14(15)25(10)16)20-11-7-24(8-11)18(27)29-19(2,3)4/h5-6,10-11H,7-9H2,1-4H3,(H,23,26). The molecule has 1 aromatic rings. The number of hydrogen-bond donors (Lipinski definition) is 1. The van der Waals surface area contributed by atoms with Gasteiger partial charge < -0.3 is 0 Å². The van der Waals surface area contributed by atoms with E-state index >= 15 is 0 Å². The van der Waals surface area contributed by atoms with Gasteiger partial charge in [0.2, 0.25) is 0 Å². The molecule has 1 fully saturated rings. The number of benzene rings is 1. The zero-order valence-corrected chi connectivity index (χ0v) is 20.2. The van der Waals surface area contributed by atoms with Gasteiger partial charge in [0.1, 0.15) is 0 Å². The summed E-state index contributed by atoms with van der Waals surface area (Å²) in [5, 5.41) is 4.14. The van der Waals surface area contributed by atoms with Gasteiger partial charge in [0.15, 0.2) is 0 Å². The van der Waals surface area contributed by atoms with Gasteiger partial charge in [-0.3, -0.25) is 0 Å². The van der Waals surface area contributed by atoms with Crippen LogP contribution in [-0.4, -0.2) is 69.8 Å². The van der Waals surface area contributed by atoms with E-state index in [-0.39, 0.29) is 33.8 Å². The Bertz CT molecular complexity index is 895. The maximum absolute atomic E-state index is 12.2. The van der Waals surface area contributed by atoms with Crippen LogP contribution >= 0.6 is 15.9 Å². The van der Waals surface area contributed by atoms with Crippen LogP contribution in [0.2, 0.25) is 4.71 Å². The topological polar surface area (TPSA) is 83.5 Å². The zero-order valence-electron chi connectivity index (χ0n) is 16.7. The molecule has 1 radical (unpaired) electrons. The Morgan fingerprint density at radius 1 is 1.38 bits per heavy atom. The number of anilines is 1. The number of amidine groups is 1. The van der Waals surface area contributed by atoms with Crippen LogP contribution in [0.25, 0.3) is 0 Å². The average molecular weight is 526 g/mol. The van der Waals surface area contributed by atoms with E-state index in [4.69, 9.17) is 9.47 Å². The average Bonchev–Trinajstić information content (AvgIpc) is 2.59. The quantitative estimate of drug-likeness (QED) is 0.596. The van der Waals surface area contributed by atoms with Gasteiger partial charge in [0, 0.05) is 0 Å². The van der Waals surface area contributed by atoms with Crippen LogP contribution in [0.4, 0.5) is 10.5 Å². The van der Waals surface area contributed by atoms with Crippen LogP contribution in [0.3, 0.4) is 0 Å². The number of rotatable bonds is 2. The molecule has 10 heteroatoms. The van der Waals surface area contributed by atoms with Crippen molar-refractivity contribution in [3.63, 3.8) is 0 Å². The molecule has 3 aliphatic rings. The van der Waals surface area contributed by atoms with Crippen molar-refractivity contribution in [1.82, 2.24) is 10.3 Å². The summed E-state index contributed by atoms with van der Waals surface area (Å²) in [7, 11) is 0. The summed E-state index contributed by atoms with van der Waals surface area (Å²) in [5.41, 5.74) is 2.94. The number of fused-ring (bicyclic) bond motifs is 3. The zero-order chi connectivity index (χ0) is 20.9. The van der Waals surface area contributed by atoms with E-state index in [1.54, 1.807) is 4.90 Å². The molecule has 155 valence electrons. The summed E-state index contributed by atoms with van der Waals surface area (Å²) < 4.78 is 13.9. The third-order valence-electron chi connectivity index (χ3n) is 4.82. The number of carbonyl (C=O) groups excluding carboxylic acids is 2. The van der Waals surface area contributed by atoms with Gasteiger partial charge in [-0.05, 0) is 0 Å². The fraction of sp³-hybridized carbons (Fsp3) is 0.526. The Labute approximate surface area is 184 Å². The van der Waals surface area contributed by atoms with Crippen LogP contribution in [0.5, 0.6) is 5.75 Å². The van der Waals surface area contributed by atoms with Gasteiger partial charge in [-0.25, -0.2) is 0 Å². The second kappa shape index (κ2) is 7.51. The van der Waals surface area contributed by atoms with Crippen molar-refractivity contribution in [3.05, 3.63) is 16.6 Å². The molecular weight excluding hydrogens is 503 g/mol. The van der Waals surface area contributed by atoms with Gasteiger partial charge in [-0.2, -0.15) is 0 Å². The van der Waals surface area contributed by atoms with Gasteiger partial charge in [-0.15, -0.1) is 0 Å². The van der Waals surface area contributed by atoms with Crippen LogP contribution < -0.4 is 19.4 Å². The summed E-state index contributed by atoms with van der Waals surface area (Å²) in [6, 6.07) is 3.72. The first-order chi connectivity index (χ1) is 13.6. The number of hydrogen-bond acceptors (Lipinski definition) is 6. The van der Waals surface area contributed by atoms with E-state index in [0.29, 0.717) is 30.2 Å². The molecule has 1 atom stereocenters. The number of amides is 2. The summed E-state index contributed by atoms with van der Waals surface area (Å²) in [6.07, 6.45) is -0.248. The van der Waals surface area contributed by atoms with E-state index in [1.165, 1.54) is 4.35 Å². The Kier molecular flexibility index (Phi) is 5.32. The van der Waals surface area contributed by atoms with Crippen LogP contribution in [0, 0.1) is 0 Å². The number of halogens is 1. The monoisotopic (exact) mass is 525 g/mol. The predicted octanol–water partition coefficient (Wildman–Crippen LogP) is 1.85. The Hall–Kier alpha value is -1.73. The summed E-state index contributed by atoms with van der Waals surface area (Å²) in [5.74, 6) is 1.31. The SMILES string of the molecule is CC1C(=O)NN=C2COc3cc(Br)c([As]C4CN(C(=O)OC(C)(C)C)C4)cc3N21. The first-order valence-electron chi connectivity index (χ1n) is 9.43. The molecule has 3 aliphatic heterocycles. The second-order valence-electron chi connectivity index (χ2n) is 8.28. The number of nitrogens with one attached hydrogen (secondary N) is 1. The van der Waals surface area contributed by atoms with Crippen LogP contribution in [-0.2, 0) is 9.53 Å². The van der Waals surface area contributed by atoms with Gasteiger partial charge in [0.25, 0.3) is 0 Å². The number of likely N-dealkylation sites (tertiary alicyclic amines) is 1. The third kappa shape index (κ3) is 4.12. The summed E-state index contributed by atoms with van der Waals surface area (Å²) >= 11 is 3.49. The normalized spacial score (nSPS) is 21.8. The minimum atomic E-state index is -0.478. The van der Waals surface area contributed by atoms with E-state index in [2.05, 4.69) is 32.5 Å². The van der Waals surface area contributed by atoms with Crippen molar-refractivity contribution >= 4 is 59.6 Å². The number of carbonyl (C=O) groups is 2. The molecule has 1 saturated heterocycles. The molecule has 0 bridgehead atoms. The van der Waals surface area contributed by atoms with Crippen molar-refractivity contribution < 1.29 is 19.1 Å². The first-order valence-corrected chi connectivity index (χ1v) is 12.2. The third-order valence-corrected chi connectivity index (χ3v) is 8.95. The molecule has 0 aromatic heterocycles. The van der Waals surface area contributed by atoms with Crippen LogP contribution in [0.1, 0.15) is 27.7 Å². The number of ether oxygens (including phenoxy) is 2. The molecule has 0 aliphatic carbocycles. The van der Waals surface area contributed by atoms with E-state index in [9.17, 15) is 9.59 Å². The van der Waals surface area contributed by atoms with Crippen molar-refractivity contribution in [2.24, 2.45) is 5.10 Å². The molecule has 3 heterocycles. The molecule has 0 saturated carbocycles. The molecule has 4 rings (SSSR count). The molecule has 8 nitrogen and oxygen atoms in total. The molecule has 1 unspecified atom stereocenters. The minimum absolute atomic E-state index is 0.133. The summed E-state index contributed by atoms with van der Waals surface area (Å²) in [6.45, 7) is 9.23. The molecule has 0 spiro atoms. The van der Waals surface area contributed by atoms with Gasteiger partial charge in [-0.1, -0.05) is 0 Å². The Morgan fingerprint density at radius 3 is 2.79 bits per heavy atom. The fourth-order valence-corrected chi connectivity index (χ4v) is 7.00. The Balaban J connectivity index is 1.48. The van der Waals surface area contributed by atoms with Crippen molar-refractivity contribution in [1.29, 1.82) is 0 Å². The number of hydrazone groups is 1. The van der Waals surface area contributed by atoms with Gasteiger partial charge in [0.05, 0.1) is 0 Å². The molecule has 29 heavy (non-hydrogen) atoms. The van der Waals surface area contributed by atoms with Gasteiger partial charge >= 0.3 is 185 Å². The van der Waals surface area contributed by atoms with Crippen molar-refractivity contribution in [2.45, 2.75) is 44.0 Å². The predicted molar refractivity (Wildman–Crippen MR) is 114 cm³/mol. The maximum atomic E-state index is 12.2. The van der Waals surface area contributed by atoms with Crippen LogP contribution in [0.15, 0.2) is 21.7 Å². The van der Waals surface area contributed by atoms with E-state index < -0.39 is 5.60 Å². The molecular formula is C19H23AsBrN4O4. The second-order valence-corrected chi connectivity index (χ2v) is 12.2. The first kappa shape index (κ1) is 20.5. The van der Waals surface area contributed by atoms with E-state index in [1.807, 2.05) is 38.7 Å². The van der Waals surface area contributed by atoms with Crippen molar-refractivity contribution in [2.75, 3.05) is 24.6 Å². The molecule has 1 aromatic carbocycles. The number of nitrogens with zero attached hydrogens (tertiary/aromatic N) is 3. The Morgan fingerprint density at radius 2 is 2.10 bits per heavy atom. The fourth-order valence-electron chi connectivity index (χ4n) is 3.34. The molecule has 2 amide bonds. The molecule has 1 N–H and O–H groups in total. The van der Waals surface area contributed by atoms with Crippen molar-refractivity contribution in [3.8, 4) is 5.75 Å².